The van der Waals surface area contributed by atoms with Gasteiger partial charge in [-0.05, 0) is 24.6 Å². The van der Waals surface area contributed by atoms with Crippen molar-refractivity contribution >= 4 is 17.7 Å². The molecule has 8 heteroatoms. The molecule has 0 radical (unpaired) electrons. The van der Waals surface area contributed by atoms with E-state index in [4.69, 9.17) is 9.84 Å². The number of aromatic carboxylic acids is 1. The largest absolute Gasteiger partial charge is 0.478 e. The molecule has 2 rings (SSSR count). The van der Waals surface area contributed by atoms with Gasteiger partial charge in [0.25, 0.3) is 5.69 Å². The van der Waals surface area contributed by atoms with Crippen LogP contribution in [-0.2, 0) is 11.3 Å². The first-order valence-electron chi connectivity index (χ1n) is 7.37. The van der Waals surface area contributed by atoms with E-state index in [-0.39, 0.29) is 23.4 Å². The summed E-state index contributed by atoms with van der Waals surface area (Å²) in [6.45, 7) is 1.62. The van der Waals surface area contributed by atoms with Crippen LogP contribution in [0, 0.1) is 10.1 Å². The molecule has 0 unspecified atom stereocenters. The molecule has 0 saturated carbocycles. The van der Waals surface area contributed by atoms with Crippen molar-refractivity contribution in [1.82, 2.24) is 5.32 Å². The number of carbonyl (C=O) groups excluding carboxylic acids is 1. The Kier molecular flexibility index (Phi) is 5.67. The van der Waals surface area contributed by atoms with Crippen molar-refractivity contribution in [3.8, 4) is 0 Å². The number of hydrogen-bond acceptors (Lipinski definition) is 5. The van der Waals surface area contributed by atoms with Crippen LogP contribution in [0.4, 0.5) is 10.5 Å². The average Bonchev–Trinajstić information content (AvgIpc) is 2.60. The van der Waals surface area contributed by atoms with Gasteiger partial charge in [-0.25, -0.2) is 9.59 Å². The normalized spacial score (nSPS) is 11.4. The Morgan fingerprint density at radius 3 is 2.52 bits per heavy atom. The Morgan fingerprint density at radius 1 is 1.24 bits per heavy atom. The number of carbonyl (C=O) groups is 2. The minimum atomic E-state index is -1.27. The number of carboxylic acid groups (broad SMARTS) is 1. The maximum Gasteiger partial charge on any atom is 0.407 e. The molecule has 0 fully saturated rings. The zero-order valence-electron chi connectivity index (χ0n) is 13.3. The van der Waals surface area contributed by atoms with Crippen LogP contribution in [0.15, 0.2) is 48.5 Å². The fraction of sp³-hybridized carbons (Fsp3) is 0.176. The Labute approximate surface area is 143 Å². The lowest BCUT2D eigenvalue weighted by Gasteiger charge is -2.15. The molecule has 0 bridgehead atoms. The van der Waals surface area contributed by atoms with Crippen LogP contribution in [0.2, 0.25) is 0 Å². The molecule has 8 nitrogen and oxygen atoms in total. The van der Waals surface area contributed by atoms with E-state index >= 15 is 0 Å². The van der Waals surface area contributed by atoms with Gasteiger partial charge in [-0.2, -0.15) is 0 Å². The second-order valence-corrected chi connectivity index (χ2v) is 5.26. The summed E-state index contributed by atoms with van der Waals surface area (Å²) in [6, 6.07) is 11.8. The van der Waals surface area contributed by atoms with E-state index in [1.54, 1.807) is 19.1 Å². The number of hydrogen-bond donors (Lipinski definition) is 2. The molecule has 1 atom stereocenters. The van der Waals surface area contributed by atoms with Crippen LogP contribution < -0.4 is 5.32 Å². The smallest absolute Gasteiger partial charge is 0.407 e. The number of alkyl carbamates (subject to hydrolysis) is 1. The predicted molar refractivity (Wildman–Crippen MR) is 88.2 cm³/mol. The second kappa shape index (κ2) is 7.91. The average molecular weight is 344 g/mol. The Hall–Kier alpha value is -3.42. The molecular formula is C17H16N2O6. The van der Waals surface area contributed by atoms with Gasteiger partial charge in [0.2, 0.25) is 0 Å². The van der Waals surface area contributed by atoms with Crippen LogP contribution in [0.1, 0.15) is 34.5 Å². The van der Waals surface area contributed by atoms with Crippen LogP contribution >= 0.6 is 0 Å². The van der Waals surface area contributed by atoms with Crippen LogP contribution in [0.25, 0.3) is 0 Å². The van der Waals surface area contributed by atoms with Gasteiger partial charge in [0, 0.05) is 6.07 Å². The van der Waals surface area contributed by atoms with E-state index < -0.39 is 23.0 Å². The lowest BCUT2D eigenvalue weighted by atomic mass is 10.0. The van der Waals surface area contributed by atoms with E-state index in [1.807, 2.05) is 18.2 Å². The van der Waals surface area contributed by atoms with Crippen molar-refractivity contribution < 1.29 is 24.4 Å². The molecule has 0 saturated heterocycles. The number of nitro benzene ring substituents is 1. The third kappa shape index (κ3) is 4.77. The van der Waals surface area contributed by atoms with Gasteiger partial charge in [0.1, 0.15) is 6.61 Å². The van der Waals surface area contributed by atoms with Gasteiger partial charge < -0.3 is 15.2 Å². The summed E-state index contributed by atoms with van der Waals surface area (Å²) in [5, 5.41) is 22.6. The SMILES string of the molecule is C[C@@H](NC(=O)OCc1ccccc1)c1ccc(C(=O)O)cc1[N+](=O)[O-]. The number of nitrogens with zero attached hydrogens (tertiary/aromatic N) is 1. The van der Waals surface area contributed by atoms with E-state index in [2.05, 4.69) is 5.32 Å². The summed E-state index contributed by atoms with van der Waals surface area (Å²) in [5.41, 5.74) is 0.416. The molecule has 0 heterocycles. The highest BCUT2D eigenvalue weighted by atomic mass is 16.6. The lowest BCUT2D eigenvalue weighted by Crippen LogP contribution is -2.27. The second-order valence-electron chi connectivity index (χ2n) is 5.26. The summed E-state index contributed by atoms with van der Waals surface area (Å²) >= 11 is 0. The van der Waals surface area contributed by atoms with E-state index in [0.717, 1.165) is 11.6 Å². The van der Waals surface area contributed by atoms with Crippen LogP contribution in [0.5, 0.6) is 0 Å². The third-order valence-corrected chi connectivity index (χ3v) is 3.49. The first-order valence-corrected chi connectivity index (χ1v) is 7.37. The summed E-state index contributed by atoms with van der Waals surface area (Å²) < 4.78 is 5.07. The molecule has 130 valence electrons. The summed E-state index contributed by atoms with van der Waals surface area (Å²) in [5.74, 6) is -1.27. The summed E-state index contributed by atoms with van der Waals surface area (Å²) in [4.78, 5) is 33.3. The molecule has 25 heavy (non-hydrogen) atoms. The van der Waals surface area contributed by atoms with Gasteiger partial charge in [-0.1, -0.05) is 30.3 Å². The number of nitro groups is 1. The molecule has 2 aromatic carbocycles. The number of ether oxygens (including phenoxy) is 1. The van der Waals surface area contributed by atoms with Crippen LogP contribution in [-0.4, -0.2) is 22.1 Å². The molecule has 0 aromatic heterocycles. The lowest BCUT2D eigenvalue weighted by molar-refractivity contribution is -0.385. The van der Waals surface area contributed by atoms with Crippen molar-refractivity contribution in [2.45, 2.75) is 19.6 Å². The summed E-state index contributed by atoms with van der Waals surface area (Å²) in [7, 11) is 0. The van der Waals surface area contributed by atoms with Gasteiger partial charge in [-0.3, -0.25) is 10.1 Å². The fourth-order valence-corrected chi connectivity index (χ4v) is 2.22. The third-order valence-electron chi connectivity index (χ3n) is 3.49. The van der Waals surface area contributed by atoms with Crippen molar-refractivity contribution in [2.75, 3.05) is 0 Å². The molecule has 2 aromatic rings. The zero-order chi connectivity index (χ0) is 18.4. The van der Waals surface area contributed by atoms with Gasteiger partial charge in [-0.15, -0.1) is 0 Å². The zero-order valence-corrected chi connectivity index (χ0v) is 13.3. The predicted octanol–water partition coefficient (Wildman–Crippen LogP) is 3.28. The fourth-order valence-electron chi connectivity index (χ4n) is 2.22. The standard InChI is InChI=1S/C17H16N2O6/c1-11(18-17(22)25-10-12-5-3-2-4-6-12)14-8-7-13(16(20)21)9-15(14)19(23)24/h2-9,11H,10H2,1H3,(H,18,22)(H,20,21)/t11-/m1/s1. The quantitative estimate of drug-likeness (QED) is 0.613. The van der Waals surface area contributed by atoms with Gasteiger partial charge >= 0.3 is 12.1 Å². The van der Waals surface area contributed by atoms with Crippen molar-refractivity contribution in [3.05, 3.63) is 75.3 Å². The Bertz CT molecular complexity index is 791. The van der Waals surface area contributed by atoms with Crippen LogP contribution in [0.3, 0.4) is 0 Å². The van der Waals surface area contributed by atoms with Gasteiger partial charge in [0.05, 0.1) is 22.1 Å². The molecule has 0 aliphatic rings. The molecule has 1 amide bonds. The van der Waals surface area contributed by atoms with Gasteiger partial charge in [0.15, 0.2) is 0 Å². The minimum Gasteiger partial charge on any atom is -0.478 e. The van der Waals surface area contributed by atoms with Crippen molar-refractivity contribution in [2.24, 2.45) is 0 Å². The minimum absolute atomic E-state index is 0.0689. The number of amides is 1. The maximum atomic E-state index is 11.9. The Morgan fingerprint density at radius 2 is 1.92 bits per heavy atom. The number of benzene rings is 2. The number of rotatable bonds is 6. The topological polar surface area (TPSA) is 119 Å². The summed E-state index contributed by atoms with van der Waals surface area (Å²) in [6.07, 6.45) is -0.729. The van der Waals surface area contributed by atoms with Crippen molar-refractivity contribution in [1.29, 1.82) is 0 Å². The highest BCUT2D eigenvalue weighted by Crippen LogP contribution is 2.26. The Balaban J connectivity index is 2.06. The molecule has 2 N–H and O–H groups in total. The molecular weight excluding hydrogens is 328 g/mol. The first kappa shape index (κ1) is 17.9. The highest BCUT2D eigenvalue weighted by Gasteiger charge is 2.22. The monoisotopic (exact) mass is 344 g/mol. The van der Waals surface area contributed by atoms with E-state index in [9.17, 15) is 19.7 Å². The first-order chi connectivity index (χ1) is 11.9. The van der Waals surface area contributed by atoms with Crippen molar-refractivity contribution in [3.63, 3.8) is 0 Å². The maximum absolute atomic E-state index is 11.9. The van der Waals surface area contributed by atoms with E-state index in [0.29, 0.717) is 0 Å². The molecule has 0 aliphatic carbocycles. The molecule has 0 spiro atoms. The van der Waals surface area contributed by atoms with E-state index in [1.165, 1.54) is 12.1 Å². The number of carboxylic acids is 1. The number of nitrogens with one attached hydrogen (secondary N) is 1. The molecule has 0 aliphatic heterocycles. The highest BCUT2D eigenvalue weighted by molar-refractivity contribution is 5.88.